The molecule has 1 saturated carbocycles. The molecule has 1 aliphatic carbocycles. The van der Waals surface area contributed by atoms with Crippen LogP contribution >= 0.6 is 11.6 Å². The first-order valence-corrected chi connectivity index (χ1v) is 12.5. The average molecular weight is 530 g/mol. The van der Waals surface area contributed by atoms with Crippen molar-refractivity contribution in [2.24, 2.45) is 10.7 Å². The van der Waals surface area contributed by atoms with Crippen molar-refractivity contribution in [3.63, 3.8) is 0 Å². The molecule has 0 bridgehead atoms. The van der Waals surface area contributed by atoms with E-state index in [-0.39, 0.29) is 22.6 Å². The van der Waals surface area contributed by atoms with Gasteiger partial charge in [-0.25, -0.2) is 18.6 Å². The van der Waals surface area contributed by atoms with Crippen LogP contribution in [0.3, 0.4) is 0 Å². The summed E-state index contributed by atoms with van der Waals surface area (Å²) in [5, 5.41) is 12.4. The van der Waals surface area contributed by atoms with Gasteiger partial charge in [0.1, 0.15) is 11.7 Å². The molecule has 0 unspecified atom stereocenters. The van der Waals surface area contributed by atoms with Gasteiger partial charge in [0.05, 0.1) is 39.4 Å². The summed E-state index contributed by atoms with van der Waals surface area (Å²) < 4.78 is 43.1. The maximum Gasteiger partial charge on any atom is 0.333 e. The number of fused-ring (bicyclic) bond motifs is 1. The Balaban J connectivity index is 1.65. The smallest absolute Gasteiger partial charge is 0.333 e. The number of benzene rings is 1. The lowest BCUT2D eigenvalue weighted by Gasteiger charge is -2.25. The van der Waals surface area contributed by atoms with Gasteiger partial charge in [-0.05, 0) is 44.9 Å². The predicted octanol–water partition coefficient (Wildman–Crippen LogP) is 6.78. The minimum atomic E-state index is -2.73. The topological polar surface area (TPSA) is 85.5 Å². The fourth-order valence-corrected chi connectivity index (χ4v) is 5.18. The monoisotopic (exact) mass is 529 g/mol. The van der Waals surface area contributed by atoms with Crippen molar-refractivity contribution >= 4 is 34.3 Å². The number of rotatable bonds is 6. The lowest BCUT2D eigenvalue weighted by Crippen LogP contribution is -2.25. The molecule has 5 rings (SSSR count). The summed E-state index contributed by atoms with van der Waals surface area (Å²) in [6.45, 7) is 0.595. The highest BCUT2D eigenvalue weighted by Crippen LogP contribution is 2.35. The second-order valence-corrected chi connectivity index (χ2v) is 9.74. The van der Waals surface area contributed by atoms with Gasteiger partial charge in [-0.1, -0.05) is 30.9 Å². The van der Waals surface area contributed by atoms with Crippen molar-refractivity contribution in [3.8, 4) is 11.1 Å². The van der Waals surface area contributed by atoms with Crippen LogP contribution in [0, 0.1) is 19.7 Å². The normalized spacial score (nSPS) is 15.2. The summed E-state index contributed by atoms with van der Waals surface area (Å²) in [5.41, 5.74) is 10.8. The quantitative estimate of drug-likeness (QED) is 0.213. The Hall–Kier alpha value is -3.53. The molecule has 0 saturated heterocycles. The molecule has 194 valence electrons. The standard InChI is InChI=1S/C26H27ClF3N7/c1-14-23(15(2)37(35-14)26(29)30)16-10-22-24(33-18-6-4-3-5-7-18)19(12-32-36(22)13-16)25(31)34-21-11-17(28)8-9-20(21)27/h8-13,18,26,33H,3-7H2,1-2H3,(H2,31,34). The number of halogens is 4. The van der Waals surface area contributed by atoms with Crippen molar-refractivity contribution in [1.82, 2.24) is 19.4 Å². The molecule has 4 aromatic rings. The Labute approximate surface area is 217 Å². The minimum Gasteiger partial charge on any atom is -0.383 e. The number of nitrogens with zero attached hydrogens (tertiary/aromatic N) is 5. The number of aromatic nitrogens is 4. The van der Waals surface area contributed by atoms with Crippen LogP contribution in [0.15, 0.2) is 41.7 Å². The van der Waals surface area contributed by atoms with Gasteiger partial charge < -0.3 is 11.1 Å². The molecule has 0 aliphatic heterocycles. The van der Waals surface area contributed by atoms with E-state index in [1.807, 2.05) is 6.07 Å². The second-order valence-electron chi connectivity index (χ2n) is 9.33. The van der Waals surface area contributed by atoms with Crippen LogP contribution in [0.4, 0.5) is 24.5 Å². The van der Waals surface area contributed by atoms with Gasteiger partial charge in [-0.15, -0.1) is 0 Å². The number of aliphatic imine (C=N–C) groups is 1. The molecular weight excluding hydrogens is 503 g/mol. The van der Waals surface area contributed by atoms with Crippen LogP contribution in [0.25, 0.3) is 16.6 Å². The van der Waals surface area contributed by atoms with E-state index in [1.165, 1.54) is 24.6 Å². The molecule has 0 amide bonds. The van der Waals surface area contributed by atoms with E-state index in [0.717, 1.165) is 36.1 Å². The van der Waals surface area contributed by atoms with E-state index in [1.54, 1.807) is 30.8 Å². The van der Waals surface area contributed by atoms with Gasteiger partial charge in [-0.3, -0.25) is 0 Å². The minimum absolute atomic E-state index is 0.126. The highest BCUT2D eigenvalue weighted by Gasteiger charge is 2.23. The number of alkyl halides is 2. The van der Waals surface area contributed by atoms with E-state index in [9.17, 15) is 13.2 Å². The molecule has 0 atom stereocenters. The summed E-state index contributed by atoms with van der Waals surface area (Å²) in [6, 6.07) is 6.01. The van der Waals surface area contributed by atoms with Crippen molar-refractivity contribution < 1.29 is 13.2 Å². The summed E-state index contributed by atoms with van der Waals surface area (Å²) in [7, 11) is 0. The lowest BCUT2D eigenvalue weighted by atomic mass is 9.95. The van der Waals surface area contributed by atoms with Crippen LogP contribution in [0.1, 0.15) is 55.6 Å². The number of aryl methyl sites for hydroxylation is 1. The van der Waals surface area contributed by atoms with E-state index >= 15 is 0 Å². The molecule has 1 aromatic carbocycles. The van der Waals surface area contributed by atoms with E-state index in [4.69, 9.17) is 17.3 Å². The number of nitrogens with one attached hydrogen (secondary N) is 1. The van der Waals surface area contributed by atoms with Gasteiger partial charge in [-0.2, -0.15) is 19.0 Å². The second kappa shape index (κ2) is 10.1. The van der Waals surface area contributed by atoms with Gasteiger partial charge in [0.25, 0.3) is 0 Å². The van der Waals surface area contributed by atoms with Gasteiger partial charge in [0, 0.05) is 35.1 Å². The zero-order valence-electron chi connectivity index (χ0n) is 20.5. The van der Waals surface area contributed by atoms with Crippen LogP contribution < -0.4 is 11.1 Å². The maximum atomic E-state index is 13.8. The molecule has 3 N–H and O–H groups in total. The Morgan fingerprint density at radius 2 is 1.95 bits per heavy atom. The number of hydrogen-bond acceptors (Lipinski definition) is 4. The first-order chi connectivity index (χ1) is 17.7. The number of amidine groups is 1. The highest BCUT2D eigenvalue weighted by atomic mass is 35.5. The molecule has 0 spiro atoms. The zero-order valence-corrected chi connectivity index (χ0v) is 21.2. The van der Waals surface area contributed by atoms with Gasteiger partial charge in [0.2, 0.25) is 0 Å². The van der Waals surface area contributed by atoms with Crippen molar-refractivity contribution in [3.05, 3.63) is 64.5 Å². The third-order valence-electron chi connectivity index (χ3n) is 6.81. The Morgan fingerprint density at radius 1 is 1.19 bits per heavy atom. The molecule has 3 heterocycles. The lowest BCUT2D eigenvalue weighted by molar-refractivity contribution is 0.0542. The Kier molecular flexibility index (Phi) is 6.85. The highest BCUT2D eigenvalue weighted by molar-refractivity contribution is 6.33. The molecule has 0 radical (unpaired) electrons. The zero-order chi connectivity index (χ0) is 26.3. The third-order valence-corrected chi connectivity index (χ3v) is 7.13. The van der Waals surface area contributed by atoms with Gasteiger partial charge >= 0.3 is 6.55 Å². The molecule has 37 heavy (non-hydrogen) atoms. The Bertz CT molecular complexity index is 1490. The fraction of sp³-hybridized carbons (Fsp3) is 0.346. The third kappa shape index (κ3) is 4.90. The fourth-order valence-electron chi connectivity index (χ4n) is 5.02. The van der Waals surface area contributed by atoms with Crippen LogP contribution in [-0.2, 0) is 0 Å². The van der Waals surface area contributed by atoms with E-state index in [2.05, 4.69) is 20.5 Å². The molecule has 1 aliphatic rings. The van der Waals surface area contributed by atoms with Crippen molar-refractivity contribution in [1.29, 1.82) is 0 Å². The van der Waals surface area contributed by atoms with Gasteiger partial charge in [0.15, 0.2) is 0 Å². The first kappa shape index (κ1) is 25.1. The number of hydrogen-bond donors (Lipinski definition) is 2. The first-order valence-electron chi connectivity index (χ1n) is 12.1. The predicted molar refractivity (Wildman–Crippen MR) is 139 cm³/mol. The number of anilines is 1. The molecule has 1 fully saturated rings. The van der Waals surface area contributed by atoms with Crippen molar-refractivity contribution in [2.45, 2.75) is 58.5 Å². The van der Waals surface area contributed by atoms with Crippen LogP contribution in [0.5, 0.6) is 0 Å². The molecule has 7 nitrogen and oxygen atoms in total. The Morgan fingerprint density at radius 3 is 2.65 bits per heavy atom. The van der Waals surface area contributed by atoms with E-state index in [0.29, 0.717) is 33.6 Å². The SMILES string of the molecule is Cc1nn(C(F)F)c(C)c1-c1cc2c(NC3CCCCC3)c(C(N)=Nc3cc(F)ccc3Cl)cnn2c1. The summed E-state index contributed by atoms with van der Waals surface area (Å²) >= 11 is 6.22. The summed E-state index contributed by atoms with van der Waals surface area (Å²) in [5.74, 6) is -0.349. The maximum absolute atomic E-state index is 13.8. The summed E-state index contributed by atoms with van der Waals surface area (Å²) in [6.07, 6.45) is 8.83. The number of nitrogens with two attached hydrogens (primary N) is 1. The van der Waals surface area contributed by atoms with Crippen LogP contribution in [0.2, 0.25) is 5.02 Å². The van der Waals surface area contributed by atoms with E-state index < -0.39 is 12.4 Å². The summed E-state index contributed by atoms with van der Waals surface area (Å²) in [4.78, 5) is 4.40. The van der Waals surface area contributed by atoms with Crippen molar-refractivity contribution in [2.75, 3.05) is 5.32 Å². The molecular formula is C26H27ClF3N7. The van der Waals surface area contributed by atoms with Crippen LogP contribution in [-0.4, -0.2) is 31.3 Å². The molecule has 3 aromatic heterocycles. The largest absolute Gasteiger partial charge is 0.383 e. The molecule has 11 heteroatoms. The average Bonchev–Trinajstić information content (AvgIpc) is 3.42.